The van der Waals surface area contributed by atoms with Crippen molar-refractivity contribution in [3.8, 4) is 0 Å². The van der Waals surface area contributed by atoms with Gasteiger partial charge >= 0.3 is 0 Å². The number of anilines is 1. The molecule has 0 aromatic carbocycles. The summed E-state index contributed by atoms with van der Waals surface area (Å²) >= 11 is 0. The summed E-state index contributed by atoms with van der Waals surface area (Å²) < 4.78 is 39.0. The second-order valence-electron chi connectivity index (χ2n) is 5.03. The van der Waals surface area contributed by atoms with Crippen molar-refractivity contribution >= 4 is 26.5 Å². The lowest BCUT2D eigenvalue weighted by Crippen LogP contribution is -2.40. The molecular weight excluding hydrogens is 310 g/mol. The highest BCUT2D eigenvalue weighted by Gasteiger charge is 2.26. The average molecular weight is 331 g/mol. The molecule has 0 spiro atoms. The fraction of sp³-hybridized carbons (Fsp3) is 0.615. The van der Waals surface area contributed by atoms with E-state index in [9.17, 15) is 12.6 Å². The lowest BCUT2D eigenvalue weighted by atomic mass is 10.2. The van der Waals surface area contributed by atoms with Gasteiger partial charge in [-0.25, -0.2) is 18.1 Å². The van der Waals surface area contributed by atoms with E-state index in [0.717, 1.165) is 6.42 Å². The molecule has 1 aliphatic heterocycles. The van der Waals surface area contributed by atoms with Gasteiger partial charge in [-0.05, 0) is 31.4 Å². The summed E-state index contributed by atoms with van der Waals surface area (Å²) in [6.45, 7) is 2.70. The molecule has 21 heavy (non-hydrogen) atoms. The van der Waals surface area contributed by atoms with E-state index in [1.165, 1.54) is 6.20 Å². The number of aromatic nitrogens is 1. The minimum absolute atomic E-state index is 0.0325. The number of pyridine rings is 1. The molecular formula is C13H21N3O3S2. The van der Waals surface area contributed by atoms with Crippen LogP contribution in [-0.2, 0) is 20.8 Å². The van der Waals surface area contributed by atoms with Crippen LogP contribution in [0.3, 0.4) is 0 Å². The number of hydrogen-bond acceptors (Lipinski definition) is 5. The Labute approximate surface area is 128 Å². The summed E-state index contributed by atoms with van der Waals surface area (Å²) in [6, 6.07) is 3.27. The third-order valence-corrected chi connectivity index (χ3v) is 6.16. The summed E-state index contributed by atoms with van der Waals surface area (Å²) in [4.78, 5) is 4.01. The molecule has 1 aromatic rings. The molecule has 2 rings (SSSR count). The van der Waals surface area contributed by atoms with Gasteiger partial charge in [0, 0.05) is 41.1 Å². The molecule has 0 bridgehead atoms. The first-order valence-electron chi connectivity index (χ1n) is 7.09. The molecule has 2 heterocycles. The van der Waals surface area contributed by atoms with E-state index < -0.39 is 20.8 Å². The zero-order chi connectivity index (χ0) is 15.3. The fourth-order valence-electron chi connectivity index (χ4n) is 2.19. The Morgan fingerprint density at radius 1 is 1.38 bits per heavy atom. The van der Waals surface area contributed by atoms with Gasteiger partial charge in [-0.3, -0.25) is 4.21 Å². The van der Waals surface area contributed by atoms with Gasteiger partial charge in [-0.1, -0.05) is 6.92 Å². The van der Waals surface area contributed by atoms with E-state index in [-0.39, 0.29) is 11.1 Å². The highest BCUT2D eigenvalue weighted by atomic mass is 32.2. The molecule has 6 nitrogen and oxygen atoms in total. The normalized spacial score (nSPS) is 22.9. The lowest BCUT2D eigenvalue weighted by Gasteiger charge is -2.22. The summed E-state index contributed by atoms with van der Waals surface area (Å²) in [5.41, 5.74) is 0.520. The molecule has 1 saturated heterocycles. The molecule has 2 N–H and O–H groups in total. The first-order valence-corrected chi connectivity index (χ1v) is 10.1. The largest absolute Gasteiger partial charge is 0.383 e. The van der Waals surface area contributed by atoms with Crippen molar-refractivity contribution in [2.75, 3.05) is 23.4 Å². The van der Waals surface area contributed by atoms with Crippen molar-refractivity contribution in [1.82, 2.24) is 9.71 Å². The molecule has 0 unspecified atom stereocenters. The summed E-state index contributed by atoms with van der Waals surface area (Å²) in [6.07, 6.45) is 3.59. The van der Waals surface area contributed by atoms with Crippen LogP contribution in [0.4, 0.5) is 5.69 Å². The summed E-state index contributed by atoms with van der Waals surface area (Å²) in [7, 11) is -4.47. The third kappa shape index (κ3) is 4.49. The van der Waals surface area contributed by atoms with E-state index in [2.05, 4.69) is 15.0 Å². The maximum absolute atomic E-state index is 12.5. The minimum Gasteiger partial charge on any atom is -0.383 e. The van der Waals surface area contributed by atoms with E-state index in [1.807, 2.05) is 6.92 Å². The van der Waals surface area contributed by atoms with Crippen LogP contribution in [0.5, 0.6) is 0 Å². The van der Waals surface area contributed by atoms with Crippen molar-refractivity contribution in [3.05, 3.63) is 18.3 Å². The molecule has 0 radical (unpaired) electrons. The maximum Gasteiger partial charge on any atom is 0.260 e. The molecule has 0 saturated carbocycles. The van der Waals surface area contributed by atoms with E-state index in [0.29, 0.717) is 36.6 Å². The van der Waals surface area contributed by atoms with Gasteiger partial charge in [0.25, 0.3) is 10.0 Å². The Balaban J connectivity index is 2.13. The number of rotatable bonds is 6. The number of sulfonamides is 1. The lowest BCUT2D eigenvalue weighted by molar-refractivity contribution is 0.520. The van der Waals surface area contributed by atoms with Gasteiger partial charge in [-0.2, -0.15) is 0 Å². The van der Waals surface area contributed by atoms with Crippen molar-refractivity contribution < 1.29 is 12.6 Å². The van der Waals surface area contributed by atoms with Crippen molar-refractivity contribution in [3.63, 3.8) is 0 Å². The molecule has 1 aliphatic rings. The van der Waals surface area contributed by atoms with Crippen LogP contribution in [0, 0.1) is 0 Å². The highest BCUT2D eigenvalue weighted by molar-refractivity contribution is 7.89. The van der Waals surface area contributed by atoms with Crippen molar-refractivity contribution in [2.24, 2.45) is 0 Å². The van der Waals surface area contributed by atoms with Crippen LogP contribution in [0.25, 0.3) is 0 Å². The standard InChI is InChI=1S/C13H21N3O3S2/c1-2-7-14-12-4-3-8-15-13(12)21(18,19)16-11-5-9-20(17)10-6-11/h3-4,8,11,14,16H,2,5-7,9-10H2,1H3. The maximum atomic E-state index is 12.5. The Hall–Kier alpha value is -0.990. The first kappa shape index (κ1) is 16.4. The molecule has 0 amide bonds. The summed E-state index contributed by atoms with van der Waals surface area (Å²) in [5.74, 6) is 1.10. The van der Waals surface area contributed by atoms with Crippen LogP contribution < -0.4 is 10.0 Å². The average Bonchev–Trinajstić information content (AvgIpc) is 2.47. The Morgan fingerprint density at radius 2 is 2.10 bits per heavy atom. The van der Waals surface area contributed by atoms with Crippen molar-refractivity contribution in [2.45, 2.75) is 37.3 Å². The fourth-order valence-corrected chi connectivity index (χ4v) is 4.90. The van der Waals surface area contributed by atoms with Crippen LogP contribution in [0.2, 0.25) is 0 Å². The van der Waals surface area contributed by atoms with Gasteiger partial charge < -0.3 is 5.32 Å². The Morgan fingerprint density at radius 3 is 2.76 bits per heavy atom. The topological polar surface area (TPSA) is 88.2 Å². The van der Waals surface area contributed by atoms with Crippen LogP contribution in [-0.4, -0.2) is 41.7 Å². The van der Waals surface area contributed by atoms with Gasteiger partial charge in [-0.15, -0.1) is 0 Å². The van der Waals surface area contributed by atoms with Crippen LogP contribution in [0.1, 0.15) is 26.2 Å². The molecule has 0 atom stereocenters. The van der Waals surface area contributed by atoms with Gasteiger partial charge in [0.15, 0.2) is 5.03 Å². The molecule has 8 heteroatoms. The highest BCUT2D eigenvalue weighted by Crippen LogP contribution is 2.20. The third-order valence-electron chi connectivity index (χ3n) is 3.30. The smallest absolute Gasteiger partial charge is 0.260 e. The van der Waals surface area contributed by atoms with Gasteiger partial charge in [0.05, 0.1) is 5.69 Å². The molecule has 1 aromatic heterocycles. The predicted octanol–water partition coefficient (Wildman–Crippen LogP) is 1.09. The quantitative estimate of drug-likeness (QED) is 0.815. The number of hydrogen-bond donors (Lipinski definition) is 2. The monoisotopic (exact) mass is 331 g/mol. The van der Waals surface area contributed by atoms with Crippen LogP contribution >= 0.6 is 0 Å². The zero-order valence-corrected chi connectivity index (χ0v) is 13.7. The van der Waals surface area contributed by atoms with Crippen LogP contribution in [0.15, 0.2) is 23.4 Å². The van der Waals surface area contributed by atoms with Crippen molar-refractivity contribution in [1.29, 1.82) is 0 Å². The Kier molecular flexibility index (Phi) is 5.72. The SMILES string of the molecule is CCCNc1cccnc1S(=O)(=O)NC1CCS(=O)CC1. The van der Waals surface area contributed by atoms with E-state index in [4.69, 9.17) is 0 Å². The molecule has 0 aliphatic carbocycles. The minimum atomic E-state index is -3.66. The predicted molar refractivity (Wildman–Crippen MR) is 84.2 cm³/mol. The first-order chi connectivity index (χ1) is 10.0. The summed E-state index contributed by atoms with van der Waals surface area (Å²) in [5, 5.41) is 3.12. The number of nitrogens with zero attached hydrogens (tertiary/aromatic N) is 1. The molecule has 1 fully saturated rings. The number of nitrogens with one attached hydrogen (secondary N) is 2. The van der Waals surface area contributed by atoms with Gasteiger partial charge in [0.1, 0.15) is 0 Å². The van der Waals surface area contributed by atoms with E-state index in [1.54, 1.807) is 12.1 Å². The van der Waals surface area contributed by atoms with E-state index >= 15 is 0 Å². The van der Waals surface area contributed by atoms with Gasteiger partial charge in [0.2, 0.25) is 0 Å². The second kappa shape index (κ2) is 7.33. The molecule has 118 valence electrons. The second-order valence-corrected chi connectivity index (χ2v) is 8.35. The zero-order valence-electron chi connectivity index (χ0n) is 12.0. The Bertz CT molecular complexity index is 594.